The lowest BCUT2D eigenvalue weighted by atomic mass is 9.83. The van der Waals surface area contributed by atoms with Crippen LogP contribution >= 0.6 is 56.7 Å². The van der Waals surface area contributed by atoms with Gasteiger partial charge in [-0.1, -0.05) is 419 Å². The van der Waals surface area contributed by atoms with Crippen LogP contribution in [0.3, 0.4) is 0 Å². The Morgan fingerprint density at radius 1 is 0.145 bits per heavy atom. The monoisotopic (exact) mass is 1910 g/mol. The van der Waals surface area contributed by atoms with Crippen LogP contribution in [0.5, 0.6) is 0 Å². The highest BCUT2D eigenvalue weighted by atomic mass is 32.1. The molecule has 0 saturated heterocycles. The second-order valence-corrected chi connectivity index (χ2v) is 56.7. The Balaban J connectivity index is 0.000000126. The summed E-state index contributed by atoms with van der Waals surface area (Å²) in [6, 6.07) is 100. The van der Waals surface area contributed by atoms with E-state index in [1.54, 1.807) is 0 Å². The van der Waals surface area contributed by atoms with Crippen LogP contribution in [0.4, 0.5) is 0 Å². The SMILES string of the molecule is CC(C)(C)c1ccc(-c2ccc3c(c2)sc2cc(C(C)(C)C)ccc23)cc1.CC(C)(C)c1ccc(-c2ccc3c(c2)sc2cccc(C(C)(C)C)c23)cc1.CC(C)(C)c1ccc2c(c1)sc1cc(C(C)(C)C)ccc12.CC(C)(C)c1ccc2c(c1)sc1cccc(C(C)(C)C)c12.CC(C)(C)c1ccc2oc3ccc(C(C)(C)C)cc3c2c1.CC(C)(C)c1ccc2sc3ccc(C(C)(C)C)cc3c2c1. The second kappa shape index (κ2) is 37.4. The maximum absolute atomic E-state index is 5.99. The van der Waals surface area contributed by atoms with Crippen LogP contribution in [0, 0.1) is 0 Å². The fraction of sp³-hybridized carbons (Fsp3) is 0.364. The molecule has 20 rings (SSSR count). The average Bonchev–Trinajstić information content (AvgIpc) is 1.61. The van der Waals surface area contributed by atoms with Gasteiger partial charge in [-0.2, -0.15) is 0 Å². The lowest BCUT2D eigenvalue weighted by Gasteiger charge is -2.21. The van der Waals surface area contributed by atoms with Crippen molar-refractivity contribution in [2.75, 3.05) is 0 Å². The topological polar surface area (TPSA) is 13.1 Å². The van der Waals surface area contributed by atoms with Crippen molar-refractivity contribution < 1.29 is 4.42 Å². The average molecular weight is 1920 g/mol. The Morgan fingerprint density at radius 3 is 0.652 bits per heavy atom. The van der Waals surface area contributed by atoms with Crippen molar-refractivity contribution in [2.45, 2.75) is 314 Å². The number of hydrogen-bond acceptors (Lipinski definition) is 6. The van der Waals surface area contributed by atoms with Crippen LogP contribution in [-0.4, -0.2) is 0 Å². The fourth-order valence-corrected chi connectivity index (χ4v) is 24.2. The first-order valence-electron chi connectivity index (χ1n) is 50.0. The van der Waals surface area contributed by atoms with Crippen LogP contribution in [0.25, 0.3) is 145 Å². The van der Waals surface area contributed by atoms with E-state index in [9.17, 15) is 0 Å². The first-order valence-corrected chi connectivity index (χ1v) is 54.0. The van der Waals surface area contributed by atoms with Crippen molar-refractivity contribution in [1.29, 1.82) is 0 Å². The molecule has 0 N–H and O–H groups in total. The van der Waals surface area contributed by atoms with Crippen molar-refractivity contribution in [2.24, 2.45) is 0 Å². The standard InChI is InChI=1S/2C26H28S.C20H24O.3C20H24S/c1-25(2,3)19-10-7-17(8-11-19)18-9-13-21-22-14-12-20(26(4,5)6)16-24(22)27-23(21)15-18;1-25(2,3)19-13-10-17(11-14-19)18-12-15-20-23(16-18)27-22-9-7-8-21(24(20)22)26(4,5)6;2*1-19(2,3)13-7-9-17-15(11-13)16-12-14(20(4,5)6)8-10-18(16)21-17;1-19(2,3)13-7-9-15-16-10-8-14(20(4,5)6)12-18(16)21-17(15)11-13;1-19(2,3)13-10-11-14-17(12-13)21-16-9-7-8-15(18(14)16)20(4,5)6/h2*7-16H,1-6H3;4*7-12H,1-6H3. The van der Waals surface area contributed by atoms with Gasteiger partial charge in [0.1, 0.15) is 11.2 Å². The smallest absolute Gasteiger partial charge is 0.135 e. The predicted octanol–water partition coefficient (Wildman–Crippen LogP) is 42.8. The summed E-state index contributed by atoms with van der Waals surface area (Å²) < 4.78 is 19.9. The van der Waals surface area contributed by atoms with Crippen LogP contribution in [0.1, 0.15) is 316 Å². The first kappa shape index (κ1) is 102. The molecule has 716 valence electrons. The lowest BCUT2D eigenvalue weighted by Crippen LogP contribution is -2.11. The number of fused-ring (bicyclic) bond motifs is 18. The normalized spacial score (nSPS) is 13.1. The van der Waals surface area contributed by atoms with E-state index in [4.69, 9.17) is 4.42 Å². The molecule has 0 atom stereocenters. The van der Waals surface area contributed by atoms with Gasteiger partial charge in [0.2, 0.25) is 0 Å². The summed E-state index contributed by atoms with van der Waals surface area (Å²) in [5.41, 5.74) is 26.2. The molecule has 0 saturated carbocycles. The van der Waals surface area contributed by atoms with Gasteiger partial charge in [-0.3, -0.25) is 0 Å². The number of rotatable bonds is 2. The molecule has 0 bridgehead atoms. The largest absolute Gasteiger partial charge is 0.456 e. The van der Waals surface area contributed by atoms with E-state index in [1.807, 2.05) is 56.7 Å². The molecular formula is C132H152OS5. The summed E-state index contributed by atoms with van der Waals surface area (Å²) in [7, 11) is 0. The fourth-order valence-electron chi connectivity index (χ4n) is 18.4. The lowest BCUT2D eigenvalue weighted by molar-refractivity contribution is 0.590. The van der Waals surface area contributed by atoms with Crippen molar-refractivity contribution in [3.63, 3.8) is 0 Å². The summed E-state index contributed by atoms with van der Waals surface area (Å²) in [5.74, 6) is 0. The Kier molecular flexibility index (Phi) is 27.8. The summed E-state index contributed by atoms with van der Waals surface area (Å²) in [4.78, 5) is 0. The van der Waals surface area contributed by atoms with Gasteiger partial charge in [0.15, 0.2) is 0 Å². The molecule has 1 nitrogen and oxygen atoms in total. The van der Waals surface area contributed by atoms with E-state index in [0.29, 0.717) is 0 Å². The van der Waals surface area contributed by atoms with Crippen LogP contribution in [0.2, 0.25) is 0 Å². The minimum absolute atomic E-state index is 0.148. The highest BCUT2D eigenvalue weighted by Gasteiger charge is 2.28. The molecule has 0 fully saturated rings. The molecule has 6 heteroatoms. The molecule has 0 unspecified atom stereocenters. The molecule has 14 aromatic carbocycles. The first-order chi connectivity index (χ1) is 63.9. The Morgan fingerprint density at radius 2 is 0.355 bits per heavy atom. The van der Waals surface area contributed by atoms with E-state index >= 15 is 0 Å². The predicted molar refractivity (Wildman–Crippen MR) is 626 cm³/mol. The molecule has 0 aliphatic rings. The maximum Gasteiger partial charge on any atom is 0.135 e. The van der Waals surface area contributed by atoms with Crippen molar-refractivity contribution in [3.8, 4) is 22.3 Å². The molecule has 20 aromatic rings. The Bertz CT molecular complexity index is 7520. The van der Waals surface area contributed by atoms with Crippen LogP contribution in [0.15, 0.2) is 271 Å². The molecule has 0 radical (unpaired) electrons. The Labute approximate surface area is 847 Å². The molecular weight excluding hydrogens is 1760 g/mol. The number of hydrogen-bond donors (Lipinski definition) is 0. The molecule has 138 heavy (non-hydrogen) atoms. The second-order valence-electron chi connectivity index (χ2n) is 51.2. The van der Waals surface area contributed by atoms with E-state index in [2.05, 4.69) is 516 Å². The van der Waals surface area contributed by atoms with Crippen molar-refractivity contribution in [1.82, 2.24) is 0 Å². The highest BCUT2D eigenvalue weighted by molar-refractivity contribution is 7.27. The molecule has 0 aliphatic heterocycles. The molecule has 6 heterocycles. The van der Waals surface area contributed by atoms with E-state index in [-0.39, 0.29) is 65.0 Å². The van der Waals surface area contributed by atoms with Gasteiger partial charge in [-0.25, -0.2) is 0 Å². The van der Waals surface area contributed by atoms with E-state index in [1.165, 1.54) is 201 Å². The zero-order valence-electron chi connectivity index (χ0n) is 89.9. The zero-order valence-corrected chi connectivity index (χ0v) is 93.9. The highest BCUT2D eigenvalue weighted by Crippen LogP contribution is 2.48. The summed E-state index contributed by atoms with van der Waals surface area (Å²) in [5, 5.41) is 16.5. The van der Waals surface area contributed by atoms with Gasteiger partial charge >= 0.3 is 0 Å². The zero-order chi connectivity index (χ0) is 100. The summed E-state index contributed by atoms with van der Waals surface area (Å²) in [6.07, 6.45) is 0. The minimum atomic E-state index is 0.148. The molecule has 6 aromatic heterocycles. The van der Waals surface area contributed by atoms with Gasteiger partial charge in [-0.05, 0) is 251 Å². The molecule has 0 amide bonds. The minimum Gasteiger partial charge on any atom is -0.456 e. The van der Waals surface area contributed by atoms with Crippen molar-refractivity contribution >= 4 is 179 Å². The third kappa shape index (κ3) is 22.5. The Hall–Kier alpha value is -10.0. The third-order valence-electron chi connectivity index (χ3n) is 27.6. The number of benzene rings is 14. The van der Waals surface area contributed by atoms with Gasteiger partial charge in [0.05, 0.1) is 0 Å². The molecule has 0 aliphatic carbocycles. The summed E-state index contributed by atoms with van der Waals surface area (Å²) >= 11 is 9.56. The van der Waals surface area contributed by atoms with Gasteiger partial charge in [0.25, 0.3) is 0 Å². The van der Waals surface area contributed by atoms with Crippen LogP contribution in [-0.2, 0) is 65.0 Å². The van der Waals surface area contributed by atoms with E-state index in [0.717, 1.165) is 11.2 Å². The molecule has 0 spiro atoms. The van der Waals surface area contributed by atoms with Gasteiger partial charge in [0, 0.05) is 112 Å². The van der Waals surface area contributed by atoms with Gasteiger partial charge in [-0.15, -0.1) is 56.7 Å². The third-order valence-corrected chi connectivity index (χ3v) is 33.2. The number of thiophene rings is 5. The number of furan rings is 1. The quantitative estimate of drug-likeness (QED) is 0.168. The summed E-state index contributed by atoms with van der Waals surface area (Å²) in [6.45, 7) is 81.9. The van der Waals surface area contributed by atoms with Gasteiger partial charge < -0.3 is 4.42 Å². The van der Waals surface area contributed by atoms with Crippen LogP contribution < -0.4 is 0 Å². The maximum atomic E-state index is 5.99. The van der Waals surface area contributed by atoms with Crippen molar-refractivity contribution in [3.05, 3.63) is 334 Å². The van der Waals surface area contributed by atoms with E-state index < -0.39 is 0 Å².